The van der Waals surface area contributed by atoms with Crippen molar-refractivity contribution in [2.75, 3.05) is 0 Å². The van der Waals surface area contributed by atoms with E-state index in [1.54, 1.807) is 0 Å². The van der Waals surface area contributed by atoms with Crippen molar-refractivity contribution in [2.24, 2.45) is 11.8 Å². The van der Waals surface area contributed by atoms with Crippen molar-refractivity contribution in [3.05, 3.63) is 0 Å². The summed E-state index contributed by atoms with van der Waals surface area (Å²) in [6, 6.07) is 0. The van der Waals surface area contributed by atoms with E-state index in [-0.39, 0.29) is 6.10 Å². The summed E-state index contributed by atoms with van der Waals surface area (Å²) in [5.74, 6) is 1.56. The number of rotatable bonds is 5. The van der Waals surface area contributed by atoms with E-state index in [0.29, 0.717) is 0 Å². The fourth-order valence-electron chi connectivity index (χ4n) is 1.45. The summed E-state index contributed by atoms with van der Waals surface area (Å²) in [5.41, 5.74) is 0. The van der Waals surface area contributed by atoms with Crippen molar-refractivity contribution >= 4 is 0 Å². The van der Waals surface area contributed by atoms with Crippen LogP contribution in [0.1, 0.15) is 47.0 Å². The van der Waals surface area contributed by atoms with Crippen LogP contribution in [-0.4, -0.2) is 11.2 Å². The molecule has 68 valence electrons. The molecule has 0 aliphatic carbocycles. The van der Waals surface area contributed by atoms with Crippen LogP contribution in [0.15, 0.2) is 0 Å². The highest BCUT2D eigenvalue weighted by Gasteiger charge is 2.05. The maximum Gasteiger partial charge on any atom is 0.0512 e. The molecule has 0 saturated heterocycles. The molecule has 0 aromatic rings. The highest BCUT2D eigenvalue weighted by atomic mass is 16.3. The lowest BCUT2D eigenvalue weighted by Crippen LogP contribution is -2.05. The molecule has 2 atom stereocenters. The highest BCUT2D eigenvalue weighted by Crippen LogP contribution is 2.16. The van der Waals surface area contributed by atoms with Gasteiger partial charge in [-0.1, -0.05) is 20.8 Å². The molecule has 0 rings (SSSR count). The van der Waals surface area contributed by atoms with Crippen LogP contribution < -0.4 is 0 Å². The van der Waals surface area contributed by atoms with Gasteiger partial charge in [-0.05, 0) is 38.0 Å². The molecular formula is C10H22O. The van der Waals surface area contributed by atoms with Crippen molar-refractivity contribution < 1.29 is 5.11 Å². The van der Waals surface area contributed by atoms with Gasteiger partial charge in [-0.15, -0.1) is 0 Å². The lowest BCUT2D eigenvalue weighted by Gasteiger charge is -2.14. The van der Waals surface area contributed by atoms with E-state index in [1.807, 2.05) is 6.92 Å². The number of hydrogen-bond donors (Lipinski definition) is 1. The van der Waals surface area contributed by atoms with Crippen LogP contribution >= 0.6 is 0 Å². The minimum absolute atomic E-state index is 0.121. The van der Waals surface area contributed by atoms with Gasteiger partial charge in [0.1, 0.15) is 0 Å². The molecule has 11 heavy (non-hydrogen) atoms. The summed E-state index contributed by atoms with van der Waals surface area (Å²) in [5, 5.41) is 9.04. The van der Waals surface area contributed by atoms with E-state index < -0.39 is 0 Å². The predicted molar refractivity (Wildman–Crippen MR) is 49.5 cm³/mol. The Morgan fingerprint density at radius 2 is 1.55 bits per heavy atom. The maximum absolute atomic E-state index is 9.04. The summed E-state index contributed by atoms with van der Waals surface area (Å²) in [7, 11) is 0. The van der Waals surface area contributed by atoms with Crippen LogP contribution in [0.2, 0.25) is 0 Å². The van der Waals surface area contributed by atoms with Gasteiger partial charge < -0.3 is 5.11 Å². The van der Waals surface area contributed by atoms with E-state index in [9.17, 15) is 0 Å². The fourth-order valence-corrected chi connectivity index (χ4v) is 1.45. The zero-order valence-corrected chi connectivity index (χ0v) is 8.30. The first kappa shape index (κ1) is 11.0. The lowest BCUT2D eigenvalue weighted by molar-refractivity contribution is 0.172. The summed E-state index contributed by atoms with van der Waals surface area (Å²) >= 11 is 0. The molecule has 0 radical (unpaired) electrons. The van der Waals surface area contributed by atoms with Crippen molar-refractivity contribution in [3.63, 3.8) is 0 Å². The van der Waals surface area contributed by atoms with Crippen LogP contribution in [-0.2, 0) is 0 Å². The summed E-state index contributed by atoms with van der Waals surface area (Å²) in [6.45, 7) is 8.63. The molecule has 0 amide bonds. The third-order valence-electron chi connectivity index (χ3n) is 1.95. The third-order valence-corrected chi connectivity index (χ3v) is 1.95. The van der Waals surface area contributed by atoms with Gasteiger partial charge in [-0.2, -0.15) is 0 Å². The van der Waals surface area contributed by atoms with Crippen LogP contribution in [0.25, 0.3) is 0 Å². The SMILES string of the molecule is CC(C)CC(C)CCC(C)O. The second-order valence-electron chi connectivity index (χ2n) is 4.16. The molecule has 1 N–H and O–H groups in total. The van der Waals surface area contributed by atoms with Crippen molar-refractivity contribution in [1.82, 2.24) is 0 Å². The Bertz CT molecular complexity index is 86.9. The molecule has 1 heteroatoms. The van der Waals surface area contributed by atoms with E-state index >= 15 is 0 Å². The quantitative estimate of drug-likeness (QED) is 0.652. The lowest BCUT2D eigenvalue weighted by atomic mass is 9.94. The Hall–Kier alpha value is -0.0400. The molecule has 1 nitrogen and oxygen atoms in total. The van der Waals surface area contributed by atoms with E-state index in [4.69, 9.17) is 5.11 Å². The Kier molecular flexibility index (Phi) is 5.57. The summed E-state index contributed by atoms with van der Waals surface area (Å²) in [6.07, 6.45) is 3.28. The first-order chi connectivity index (χ1) is 5.02. The van der Waals surface area contributed by atoms with Crippen LogP contribution in [0.4, 0.5) is 0 Å². The second-order valence-corrected chi connectivity index (χ2v) is 4.16. The van der Waals surface area contributed by atoms with Gasteiger partial charge in [0, 0.05) is 0 Å². The van der Waals surface area contributed by atoms with Gasteiger partial charge >= 0.3 is 0 Å². The Morgan fingerprint density at radius 3 is 1.91 bits per heavy atom. The molecule has 0 bridgehead atoms. The van der Waals surface area contributed by atoms with Crippen molar-refractivity contribution in [3.8, 4) is 0 Å². The molecule has 0 aliphatic rings. The van der Waals surface area contributed by atoms with Crippen molar-refractivity contribution in [2.45, 2.75) is 53.1 Å². The largest absolute Gasteiger partial charge is 0.393 e. The molecular weight excluding hydrogens is 136 g/mol. The van der Waals surface area contributed by atoms with Gasteiger partial charge in [0.15, 0.2) is 0 Å². The Balaban J connectivity index is 3.29. The number of hydrogen-bond acceptors (Lipinski definition) is 1. The molecule has 2 unspecified atom stereocenters. The van der Waals surface area contributed by atoms with Crippen molar-refractivity contribution in [1.29, 1.82) is 0 Å². The topological polar surface area (TPSA) is 20.2 Å². The predicted octanol–water partition coefficient (Wildman–Crippen LogP) is 2.83. The van der Waals surface area contributed by atoms with E-state index in [0.717, 1.165) is 24.7 Å². The van der Waals surface area contributed by atoms with Gasteiger partial charge in [-0.3, -0.25) is 0 Å². The number of aliphatic hydroxyl groups is 1. The van der Waals surface area contributed by atoms with Gasteiger partial charge in [-0.25, -0.2) is 0 Å². The van der Waals surface area contributed by atoms with Crippen LogP contribution in [0, 0.1) is 11.8 Å². The average Bonchev–Trinajstić information content (AvgIpc) is 1.82. The first-order valence-electron chi connectivity index (χ1n) is 4.70. The second kappa shape index (κ2) is 5.59. The standard InChI is InChI=1S/C10H22O/c1-8(2)7-9(3)5-6-10(4)11/h8-11H,5-7H2,1-4H3. The maximum atomic E-state index is 9.04. The summed E-state index contributed by atoms with van der Waals surface area (Å²) in [4.78, 5) is 0. The molecule has 0 spiro atoms. The van der Waals surface area contributed by atoms with E-state index in [1.165, 1.54) is 6.42 Å². The van der Waals surface area contributed by atoms with Gasteiger partial charge in [0.2, 0.25) is 0 Å². The van der Waals surface area contributed by atoms with Gasteiger partial charge in [0.05, 0.1) is 6.10 Å². The first-order valence-corrected chi connectivity index (χ1v) is 4.70. The zero-order valence-electron chi connectivity index (χ0n) is 8.30. The normalized spacial score (nSPS) is 16.9. The Morgan fingerprint density at radius 1 is 1.00 bits per heavy atom. The molecule has 0 heterocycles. The minimum atomic E-state index is -0.121. The highest BCUT2D eigenvalue weighted by molar-refractivity contribution is 4.58. The number of aliphatic hydroxyl groups excluding tert-OH is 1. The molecule has 0 aromatic carbocycles. The van der Waals surface area contributed by atoms with Gasteiger partial charge in [0.25, 0.3) is 0 Å². The fraction of sp³-hybridized carbons (Fsp3) is 1.00. The average molecular weight is 158 g/mol. The molecule has 0 saturated carbocycles. The van der Waals surface area contributed by atoms with Crippen LogP contribution in [0.3, 0.4) is 0 Å². The minimum Gasteiger partial charge on any atom is -0.393 e. The van der Waals surface area contributed by atoms with E-state index in [2.05, 4.69) is 20.8 Å². The molecule has 0 aliphatic heterocycles. The molecule has 0 fully saturated rings. The monoisotopic (exact) mass is 158 g/mol. The smallest absolute Gasteiger partial charge is 0.0512 e. The van der Waals surface area contributed by atoms with Crippen LogP contribution in [0.5, 0.6) is 0 Å². The zero-order chi connectivity index (χ0) is 8.85. The summed E-state index contributed by atoms with van der Waals surface area (Å²) < 4.78 is 0. The third kappa shape index (κ3) is 7.86. The molecule has 0 aromatic heterocycles. The Labute approximate surface area is 70.8 Å².